The highest BCUT2D eigenvalue weighted by molar-refractivity contribution is 6.05. The molecule has 0 unspecified atom stereocenters. The molecule has 2 N–H and O–H groups in total. The van der Waals surface area contributed by atoms with E-state index in [0.29, 0.717) is 33.9 Å². The van der Waals surface area contributed by atoms with Gasteiger partial charge in [0.1, 0.15) is 17.7 Å². The van der Waals surface area contributed by atoms with Gasteiger partial charge in [-0.05, 0) is 48.9 Å². The van der Waals surface area contributed by atoms with Crippen molar-refractivity contribution in [3.8, 4) is 29.1 Å². The van der Waals surface area contributed by atoms with Crippen LogP contribution in [0.2, 0.25) is 0 Å². The highest BCUT2D eigenvalue weighted by Crippen LogP contribution is 2.22. The van der Waals surface area contributed by atoms with Crippen molar-refractivity contribution < 1.29 is 14.4 Å². The molecule has 3 aromatic heterocycles. The van der Waals surface area contributed by atoms with Crippen LogP contribution in [-0.4, -0.2) is 44.0 Å². The number of carbonyl (C=O) groups excluding carboxylic acids is 2. The first-order chi connectivity index (χ1) is 19.5. The van der Waals surface area contributed by atoms with Crippen LogP contribution >= 0.6 is 0 Å². The summed E-state index contributed by atoms with van der Waals surface area (Å²) in [4.78, 5) is 44.3. The Morgan fingerprint density at radius 2 is 1.80 bits per heavy atom. The van der Waals surface area contributed by atoms with E-state index < -0.39 is 5.91 Å². The van der Waals surface area contributed by atoms with E-state index in [-0.39, 0.29) is 17.4 Å². The number of hydrogen-bond acceptors (Lipinski definition) is 7. The maximum Gasteiger partial charge on any atom is 0.291 e. The summed E-state index contributed by atoms with van der Waals surface area (Å²) < 4.78 is 0. The van der Waals surface area contributed by atoms with E-state index in [4.69, 9.17) is 4.84 Å². The van der Waals surface area contributed by atoms with Crippen molar-refractivity contribution >= 4 is 17.5 Å². The Morgan fingerprint density at radius 3 is 2.52 bits per heavy atom. The molecule has 0 saturated carbocycles. The number of para-hydroxylation sites is 1. The van der Waals surface area contributed by atoms with E-state index in [0.717, 1.165) is 5.56 Å². The smallest absolute Gasteiger partial charge is 0.291 e. The summed E-state index contributed by atoms with van der Waals surface area (Å²) in [7, 11) is 1.51. The molecule has 0 fully saturated rings. The maximum absolute atomic E-state index is 13.7. The van der Waals surface area contributed by atoms with Gasteiger partial charge in [0.15, 0.2) is 11.6 Å². The standard InChI is InChI=1S/C30H23N7O3/c1-20-8-11-23(16-22(20)12-9-21-10-13-26(33-18-21)28-34-19-35-36-28)30(39)37(24-6-4-3-5-7-24)40-25-14-15-32-27(17-25)29(38)31-2/h3-8,10-11,13-19H,1-2H3,(H,31,38)(H,34,35,36). The molecule has 40 heavy (non-hydrogen) atoms. The number of carbonyl (C=O) groups is 2. The fraction of sp³-hybridized carbons (Fsp3) is 0.0667. The Kier molecular flexibility index (Phi) is 7.55. The van der Waals surface area contributed by atoms with Crippen LogP contribution in [0.25, 0.3) is 11.5 Å². The topological polar surface area (TPSA) is 126 Å². The third kappa shape index (κ3) is 5.84. The van der Waals surface area contributed by atoms with E-state index in [1.165, 1.54) is 30.7 Å². The molecular weight excluding hydrogens is 506 g/mol. The number of H-pyrrole nitrogens is 1. The van der Waals surface area contributed by atoms with Crippen LogP contribution in [0.1, 0.15) is 37.5 Å². The minimum atomic E-state index is -0.411. The molecule has 196 valence electrons. The number of benzene rings is 2. The summed E-state index contributed by atoms with van der Waals surface area (Å²) >= 11 is 0. The number of nitrogens with one attached hydrogen (secondary N) is 2. The first-order valence-electron chi connectivity index (χ1n) is 12.2. The third-order valence-electron chi connectivity index (χ3n) is 5.81. The number of pyridine rings is 2. The number of anilines is 1. The molecular formula is C30H23N7O3. The summed E-state index contributed by atoms with van der Waals surface area (Å²) in [5.74, 6) is 6.32. The van der Waals surface area contributed by atoms with Crippen molar-refractivity contribution in [3.05, 3.63) is 119 Å². The SMILES string of the molecule is CNC(=O)c1cc(ON(C(=O)c2ccc(C)c(C#Cc3ccc(-c4ncn[nH]4)nc3)c2)c2ccccc2)ccn1. The number of nitrogens with zero attached hydrogens (tertiary/aromatic N) is 5. The van der Waals surface area contributed by atoms with Gasteiger partial charge in [0.05, 0.1) is 5.69 Å². The van der Waals surface area contributed by atoms with Crippen molar-refractivity contribution in [2.45, 2.75) is 6.92 Å². The van der Waals surface area contributed by atoms with E-state index in [1.807, 2.05) is 25.1 Å². The predicted molar refractivity (Wildman–Crippen MR) is 148 cm³/mol. The van der Waals surface area contributed by atoms with Gasteiger partial charge in [-0.15, -0.1) is 5.06 Å². The number of aromatic nitrogens is 5. The lowest BCUT2D eigenvalue weighted by atomic mass is 10.0. The third-order valence-corrected chi connectivity index (χ3v) is 5.81. The Labute approximate surface area is 230 Å². The lowest BCUT2D eigenvalue weighted by molar-refractivity contribution is 0.0880. The van der Waals surface area contributed by atoms with Crippen LogP contribution in [0.3, 0.4) is 0 Å². The maximum atomic E-state index is 13.7. The molecule has 2 amide bonds. The highest BCUT2D eigenvalue weighted by atomic mass is 16.7. The first-order valence-corrected chi connectivity index (χ1v) is 12.2. The van der Waals surface area contributed by atoms with Crippen LogP contribution in [-0.2, 0) is 0 Å². The minimum Gasteiger partial charge on any atom is -0.371 e. The number of hydroxylamine groups is 1. The molecule has 5 aromatic rings. The van der Waals surface area contributed by atoms with Crippen LogP contribution < -0.4 is 15.2 Å². The number of amides is 2. The first kappa shape index (κ1) is 25.8. The molecule has 0 aliphatic carbocycles. The summed E-state index contributed by atoms with van der Waals surface area (Å²) in [6.45, 7) is 1.92. The molecule has 2 aromatic carbocycles. The number of hydrogen-bond donors (Lipinski definition) is 2. The van der Waals surface area contributed by atoms with Gasteiger partial charge in [0.2, 0.25) is 0 Å². The van der Waals surface area contributed by atoms with Crippen molar-refractivity contribution in [1.82, 2.24) is 30.5 Å². The van der Waals surface area contributed by atoms with Crippen LogP contribution in [0, 0.1) is 18.8 Å². The largest absolute Gasteiger partial charge is 0.371 e. The van der Waals surface area contributed by atoms with Crippen LogP contribution in [0.5, 0.6) is 5.75 Å². The molecule has 0 aliphatic rings. The molecule has 0 radical (unpaired) electrons. The number of aryl methyl sites for hydroxylation is 1. The zero-order valence-electron chi connectivity index (χ0n) is 21.6. The molecule has 0 bridgehead atoms. The van der Waals surface area contributed by atoms with Gasteiger partial charge in [-0.2, -0.15) is 5.10 Å². The number of rotatable bonds is 6. The van der Waals surface area contributed by atoms with E-state index in [9.17, 15) is 9.59 Å². The fourth-order valence-corrected chi connectivity index (χ4v) is 3.68. The minimum absolute atomic E-state index is 0.164. The molecule has 0 atom stereocenters. The van der Waals surface area contributed by atoms with E-state index in [2.05, 4.69) is 42.3 Å². The quantitative estimate of drug-likeness (QED) is 0.252. The summed E-state index contributed by atoms with van der Waals surface area (Å²) in [5, 5.41) is 10.3. The second-order valence-electron chi connectivity index (χ2n) is 8.53. The summed E-state index contributed by atoms with van der Waals surface area (Å²) in [5.41, 5.74) is 4.00. The lowest BCUT2D eigenvalue weighted by Crippen LogP contribution is -2.34. The molecule has 10 nitrogen and oxygen atoms in total. The predicted octanol–water partition coefficient (Wildman–Crippen LogP) is 3.97. The molecule has 3 heterocycles. The second kappa shape index (κ2) is 11.7. The second-order valence-corrected chi connectivity index (χ2v) is 8.53. The van der Waals surface area contributed by atoms with Crippen molar-refractivity contribution in [1.29, 1.82) is 0 Å². The van der Waals surface area contributed by atoms with Crippen LogP contribution in [0.4, 0.5) is 5.69 Å². The zero-order valence-corrected chi connectivity index (χ0v) is 21.6. The number of aromatic amines is 1. The van der Waals surface area contributed by atoms with Gasteiger partial charge < -0.3 is 10.2 Å². The Hall–Kier alpha value is -5.82. The Bertz CT molecular complexity index is 1710. The van der Waals surface area contributed by atoms with Gasteiger partial charge in [-0.25, -0.2) is 4.98 Å². The zero-order chi connectivity index (χ0) is 27.9. The Balaban J connectivity index is 1.43. The van der Waals surface area contributed by atoms with Gasteiger partial charge in [0.25, 0.3) is 11.8 Å². The van der Waals surface area contributed by atoms with Crippen molar-refractivity contribution in [2.75, 3.05) is 12.1 Å². The molecule has 0 aliphatic heterocycles. The van der Waals surface area contributed by atoms with Crippen molar-refractivity contribution in [3.63, 3.8) is 0 Å². The molecule has 0 spiro atoms. The molecule has 0 saturated heterocycles. The monoisotopic (exact) mass is 529 g/mol. The van der Waals surface area contributed by atoms with E-state index in [1.54, 1.807) is 54.7 Å². The van der Waals surface area contributed by atoms with E-state index >= 15 is 0 Å². The average molecular weight is 530 g/mol. The van der Waals surface area contributed by atoms with Crippen molar-refractivity contribution in [2.24, 2.45) is 0 Å². The molecule has 10 heteroatoms. The summed E-state index contributed by atoms with van der Waals surface area (Å²) in [6.07, 6.45) is 4.52. The van der Waals surface area contributed by atoms with Gasteiger partial charge in [0, 0.05) is 48.3 Å². The highest BCUT2D eigenvalue weighted by Gasteiger charge is 2.21. The average Bonchev–Trinajstić information content (AvgIpc) is 3.55. The normalized spacial score (nSPS) is 10.2. The fourth-order valence-electron chi connectivity index (χ4n) is 3.68. The van der Waals surface area contributed by atoms with Gasteiger partial charge >= 0.3 is 0 Å². The summed E-state index contributed by atoms with van der Waals surface area (Å²) in [6, 6.07) is 20.9. The van der Waals surface area contributed by atoms with Gasteiger partial charge in [-0.3, -0.25) is 24.7 Å². The van der Waals surface area contributed by atoms with Crippen LogP contribution in [0.15, 0.2) is 91.5 Å². The molecule has 5 rings (SSSR count). The van der Waals surface area contributed by atoms with Gasteiger partial charge in [-0.1, -0.05) is 36.1 Å². The lowest BCUT2D eigenvalue weighted by Gasteiger charge is -2.23. The Morgan fingerprint density at radius 1 is 0.950 bits per heavy atom.